The predicted molar refractivity (Wildman–Crippen MR) is 232 cm³/mol. The fourth-order valence-corrected chi connectivity index (χ4v) is 10.6. The average Bonchev–Trinajstić information content (AvgIpc) is 3.81. The quantitative estimate of drug-likeness (QED) is 0.177. The van der Waals surface area contributed by atoms with Crippen molar-refractivity contribution in [3.05, 3.63) is 221 Å². The summed E-state index contributed by atoms with van der Waals surface area (Å²) in [5, 5.41) is 2.06. The molecule has 1 spiro atoms. The first-order valence-corrected chi connectivity index (χ1v) is 19.9. The summed E-state index contributed by atoms with van der Waals surface area (Å²) in [4.78, 5) is 15.8. The molecule has 1 unspecified atom stereocenters. The number of fused-ring (bicyclic) bond motifs is 16. The van der Waals surface area contributed by atoms with Gasteiger partial charge in [0.2, 0.25) is 0 Å². The molecule has 1 atom stereocenters. The molecular weight excluding hydrogens is 707 g/mol. The molecule has 2 aromatic heterocycles. The van der Waals surface area contributed by atoms with E-state index < -0.39 is 10.8 Å². The molecule has 6 bridgehead atoms. The van der Waals surface area contributed by atoms with Crippen molar-refractivity contribution in [2.45, 2.75) is 17.8 Å². The minimum absolute atomic E-state index is 0.578. The van der Waals surface area contributed by atoms with Gasteiger partial charge >= 0.3 is 0 Å². The Morgan fingerprint density at radius 2 is 0.948 bits per heavy atom. The lowest BCUT2D eigenvalue weighted by Crippen LogP contribution is -2.42. The van der Waals surface area contributed by atoms with Crippen LogP contribution >= 0.6 is 0 Å². The molecule has 0 saturated carbocycles. The predicted octanol–water partition coefficient (Wildman–Crippen LogP) is 12.8. The van der Waals surface area contributed by atoms with Crippen molar-refractivity contribution in [2.75, 3.05) is 0 Å². The molecule has 8 aromatic carbocycles. The molecule has 1 aliphatic heterocycles. The first kappa shape index (κ1) is 31.7. The Bertz CT molecular complexity index is 3320. The molecule has 0 saturated heterocycles. The van der Waals surface area contributed by atoms with Crippen LogP contribution in [0.3, 0.4) is 0 Å². The molecule has 58 heavy (non-hydrogen) atoms. The van der Waals surface area contributed by atoms with Crippen LogP contribution in [0.15, 0.2) is 186 Å². The summed E-state index contributed by atoms with van der Waals surface area (Å²) in [6, 6.07) is 66.0. The van der Waals surface area contributed by atoms with Gasteiger partial charge in [-0.05, 0) is 105 Å². The second-order valence-corrected chi connectivity index (χ2v) is 16.0. The second-order valence-electron chi connectivity index (χ2n) is 16.0. The Labute approximate surface area is 335 Å². The highest BCUT2D eigenvalue weighted by molar-refractivity contribution is 6.13. The monoisotopic (exact) mass is 739 g/mol. The van der Waals surface area contributed by atoms with Crippen LogP contribution in [-0.4, -0.2) is 15.0 Å². The van der Waals surface area contributed by atoms with E-state index in [1.165, 1.54) is 50.1 Å². The molecule has 10 aromatic rings. The maximum atomic E-state index is 6.96. The van der Waals surface area contributed by atoms with Crippen molar-refractivity contribution in [2.24, 2.45) is 0 Å². The van der Waals surface area contributed by atoms with Crippen LogP contribution in [0.5, 0.6) is 0 Å². The topological polar surface area (TPSA) is 51.8 Å². The van der Waals surface area contributed by atoms with Crippen LogP contribution in [0.25, 0.3) is 78.4 Å². The first-order chi connectivity index (χ1) is 28.6. The van der Waals surface area contributed by atoms with Crippen molar-refractivity contribution in [3.63, 3.8) is 0 Å². The summed E-state index contributed by atoms with van der Waals surface area (Å²) in [6.45, 7) is 2.42. The van der Waals surface area contributed by atoms with Gasteiger partial charge in [0.15, 0.2) is 17.5 Å². The number of furan rings is 1. The zero-order valence-corrected chi connectivity index (χ0v) is 31.6. The molecule has 0 amide bonds. The van der Waals surface area contributed by atoms with E-state index in [0.29, 0.717) is 17.5 Å². The van der Waals surface area contributed by atoms with Gasteiger partial charge in [-0.3, -0.25) is 0 Å². The third-order valence-corrected chi connectivity index (χ3v) is 13.2. The van der Waals surface area contributed by atoms with E-state index in [9.17, 15) is 0 Å². The number of nitrogens with zero attached hydrogens (tertiary/aromatic N) is 3. The van der Waals surface area contributed by atoms with Crippen molar-refractivity contribution in [3.8, 4) is 56.4 Å². The van der Waals surface area contributed by atoms with Crippen LogP contribution in [0.1, 0.15) is 45.9 Å². The fourth-order valence-electron chi connectivity index (χ4n) is 10.6. The molecule has 4 nitrogen and oxygen atoms in total. The summed E-state index contributed by atoms with van der Waals surface area (Å²) in [7, 11) is 0. The maximum absolute atomic E-state index is 6.96. The molecule has 3 aliphatic rings. The number of hydrogen-bond acceptors (Lipinski definition) is 4. The lowest BCUT2D eigenvalue weighted by atomic mass is 9.53. The highest BCUT2D eigenvalue weighted by Gasteiger charge is 2.55. The van der Waals surface area contributed by atoms with Gasteiger partial charge in [-0.15, -0.1) is 0 Å². The lowest BCUT2D eigenvalue weighted by Gasteiger charge is -2.48. The van der Waals surface area contributed by atoms with Crippen LogP contribution in [0.2, 0.25) is 0 Å². The molecule has 0 N–H and O–H groups in total. The minimum Gasteiger partial charge on any atom is -0.456 e. The number of benzene rings is 8. The van der Waals surface area contributed by atoms with Gasteiger partial charge in [0.1, 0.15) is 11.2 Å². The van der Waals surface area contributed by atoms with Crippen LogP contribution in [-0.2, 0) is 10.8 Å². The highest BCUT2D eigenvalue weighted by atomic mass is 16.3. The summed E-state index contributed by atoms with van der Waals surface area (Å²) >= 11 is 0. The number of rotatable bonds is 2. The van der Waals surface area contributed by atoms with Crippen molar-refractivity contribution in [1.29, 1.82) is 0 Å². The van der Waals surface area contributed by atoms with Crippen molar-refractivity contribution < 1.29 is 4.42 Å². The average molecular weight is 740 g/mol. The Hall–Kier alpha value is -7.43. The van der Waals surface area contributed by atoms with Crippen molar-refractivity contribution in [1.82, 2.24) is 15.0 Å². The van der Waals surface area contributed by atoms with Gasteiger partial charge in [0, 0.05) is 32.9 Å². The van der Waals surface area contributed by atoms with E-state index in [4.69, 9.17) is 19.4 Å². The van der Waals surface area contributed by atoms with Gasteiger partial charge < -0.3 is 4.42 Å². The zero-order chi connectivity index (χ0) is 38.2. The van der Waals surface area contributed by atoms with E-state index in [0.717, 1.165) is 49.8 Å². The largest absolute Gasteiger partial charge is 0.456 e. The summed E-state index contributed by atoms with van der Waals surface area (Å²) in [5.41, 5.74) is 16.9. The molecule has 2 aliphatic carbocycles. The van der Waals surface area contributed by atoms with Crippen LogP contribution in [0, 0.1) is 0 Å². The highest BCUT2D eigenvalue weighted by Crippen LogP contribution is 2.64. The lowest BCUT2D eigenvalue weighted by molar-refractivity contribution is 0.594. The van der Waals surface area contributed by atoms with Gasteiger partial charge in [-0.1, -0.05) is 146 Å². The van der Waals surface area contributed by atoms with Gasteiger partial charge in [0.25, 0.3) is 0 Å². The van der Waals surface area contributed by atoms with Crippen LogP contribution in [0.4, 0.5) is 0 Å². The zero-order valence-electron chi connectivity index (χ0n) is 31.6. The summed E-state index contributed by atoms with van der Waals surface area (Å²) in [5.74, 6) is 1.88. The summed E-state index contributed by atoms with van der Waals surface area (Å²) < 4.78 is 6.96. The van der Waals surface area contributed by atoms with E-state index in [2.05, 4.69) is 171 Å². The molecule has 13 rings (SSSR count). The Morgan fingerprint density at radius 1 is 0.379 bits per heavy atom. The van der Waals surface area contributed by atoms with E-state index >= 15 is 0 Å². The molecule has 0 radical (unpaired) electrons. The van der Waals surface area contributed by atoms with Crippen molar-refractivity contribution >= 4 is 21.9 Å². The van der Waals surface area contributed by atoms with Gasteiger partial charge in [0.05, 0.1) is 5.41 Å². The normalized spacial score (nSPS) is 16.2. The minimum atomic E-state index is -0.604. The first-order valence-electron chi connectivity index (χ1n) is 19.9. The maximum Gasteiger partial charge on any atom is 0.164 e. The van der Waals surface area contributed by atoms with Gasteiger partial charge in [-0.25, -0.2) is 15.0 Å². The third-order valence-electron chi connectivity index (χ3n) is 13.2. The molecule has 270 valence electrons. The molecular formula is C54H33N3O. The summed E-state index contributed by atoms with van der Waals surface area (Å²) in [6.07, 6.45) is 0. The Balaban J connectivity index is 1.25. The fraction of sp³-hybridized carbons (Fsp3) is 0.0556. The number of hydrogen-bond donors (Lipinski definition) is 0. The Kier molecular flexibility index (Phi) is 6.20. The SMILES string of the molecule is CC12c3cc(-c4ccccc4)cc(c3)-c3nc(-c4ccccc4)nc(n3)-c3cccc4oc5cc(c1cc5c34)C1(c3ccccc3-c3ccccc31)c1ccccc12. The third kappa shape index (κ3) is 4.01. The van der Waals surface area contributed by atoms with Gasteiger partial charge in [-0.2, -0.15) is 0 Å². The van der Waals surface area contributed by atoms with E-state index in [-0.39, 0.29) is 0 Å². The van der Waals surface area contributed by atoms with Crippen LogP contribution < -0.4 is 0 Å². The molecule has 3 heterocycles. The smallest absolute Gasteiger partial charge is 0.164 e. The number of aromatic nitrogens is 3. The Morgan fingerprint density at radius 3 is 1.67 bits per heavy atom. The molecule has 0 fully saturated rings. The van der Waals surface area contributed by atoms with E-state index in [1.54, 1.807) is 0 Å². The molecule has 4 heteroatoms. The standard InChI is InChI=1S/C54H33N3O/c1-53-36-28-34(32-15-4-2-5-16-32)27-35(29-36)51-55-50(33-17-6-3-7-18-33)56-52(57-51)39-21-14-26-47-49(39)40-30-45(53)46(31-48(40)58-47)54(44-25-13-12-24-43(44)53)41-22-10-8-19-37(41)38-20-9-11-23-42(38)54/h2-31H,1H3. The van der Waals surface area contributed by atoms with E-state index in [1.807, 2.05) is 18.2 Å². The second kappa shape index (κ2) is 11.3.